The molecule has 0 rings (SSSR count). The maximum Gasteiger partial charge on any atom is 0.330 e. The molecule has 4 heteroatoms. The van der Waals surface area contributed by atoms with E-state index in [2.05, 4.69) is 6.58 Å². The molecule has 0 aromatic carbocycles. The Morgan fingerprint density at radius 1 is 1.50 bits per heavy atom. The summed E-state index contributed by atoms with van der Waals surface area (Å²) < 4.78 is 10.2. The van der Waals surface area contributed by atoms with E-state index in [0.29, 0.717) is 12.3 Å². The van der Waals surface area contributed by atoms with Crippen molar-refractivity contribution in [2.45, 2.75) is 46.0 Å². The number of hydrogen-bond acceptors (Lipinski definition) is 4. The van der Waals surface area contributed by atoms with Gasteiger partial charge in [-0.1, -0.05) is 20.4 Å². The molecule has 0 radical (unpaired) electrons. The van der Waals surface area contributed by atoms with Crippen molar-refractivity contribution in [1.82, 2.24) is 0 Å². The first-order chi connectivity index (χ1) is 7.26. The highest BCUT2D eigenvalue weighted by Crippen LogP contribution is 2.19. The van der Waals surface area contributed by atoms with Gasteiger partial charge in [0.05, 0.1) is 6.10 Å². The van der Waals surface area contributed by atoms with E-state index in [-0.39, 0.29) is 12.7 Å². The third-order valence-corrected chi connectivity index (χ3v) is 1.87. The Morgan fingerprint density at radius 3 is 2.50 bits per heavy atom. The molecule has 0 heterocycles. The zero-order chi connectivity index (χ0) is 12.8. The van der Waals surface area contributed by atoms with Crippen LogP contribution >= 0.6 is 0 Å². The molecule has 0 aliphatic carbocycles. The van der Waals surface area contributed by atoms with E-state index in [0.717, 1.165) is 6.08 Å². The minimum atomic E-state index is -1.19. The van der Waals surface area contributed by atoms with Gasteiger partial charge >= 0.3 is 5.97 Å². The molecule has 1 N–H and O–H groups in total. The van der Waals surface area contributed by atoms with Crippen molar-refractivity contribution in [3.63, 3.8) is 0 Å². The number of aliphatic hydroxyl groups is 1. The van der Waals surface area contributed by atoms with E-state index in [9.17, 15) is 9.90 Å². The Hall–Kier alpha value is -0.870. The average Bonchev–Trinajstić information content (AvgIpc) is 2.11. The van der Waals surface area contributed by atoms with Crippen LogP contribution in [0, 0.1) is 5.92 Å². The van der Waals surface area contributed by atoms with Gasteiger partial charge in [-0.15, -0.1) is 0 Å². The summed E-state index contributed by atoms with van der Waals surface area (Å²) in [7, 11) is 0. The Bertz CT molecular complexity index is 233. The molecule has 0 aromatic rings. The predicted octanol–water partition coefficient (Wildman–Crippen LogP) is 1.88. The third kappa shape index (κ3) is 7.43. The molecule has 0 saturated carbocycles. The van der Waals surface area contributed by atoms with Gasteiger partial charge in [-0.25, -0.2) is 4.79 Å². The van der Waals surface area contributed by atoms with E-state index in [1.807, 2.05) is 13.8 Å². The normalized spacial score (nSPS) is 16.6. The molecule has 0 bridgehead atoms. The Balaban J connectivity index is 3.97. The van der Waals surface area contributed by atoms with Crippen LogP contribution < -0.4 is 0 Å². The molecule has 0 saturated heterocycles. The lowest BCUT2D eigenvalue weighted by molar-refractivity contribution is -0.230. The molecule has 4 nitrogen and oxygen atoms in total. The monoisotopic (exact) mass is 230 g/mol. The lowest BCUT2D eigenvalue weighted by Crippen LogP contribution is -2.35. The lowest BCUT2D eigenvalue weighted by atomic mass is 10.0. The maximum atomic E-state index is 10.8. The third-order valence-electron chi connectivity index (χ3n) is 1.87. The van der Waals surface area contributed by atoms with Crippen LogP contribution in [0.2, 0.25) is 0 Å². The molecule has 0 aromatic heterocycles. The van der Waals surface area contributed by atoms with E-state index in [4.69, 9.17) is 9.47 Å². The fourth-order valence-electron chi connectivity index (χ4n) is 1.53. The summed E-state index contributed by atoms with van der Waals surface area (Å²) in [5, 5.41) is 9.89. The van der Waals surface area contributed by atoms with E-state index < -0.39 is 11.8 Å². The van der Waals surface area contributed by atoms with Crippen molar-refractivity contribution < 1.29 is 19.4 Å². The van der Waals surface area contributed by atoms with Crippen LogP contribution in [0.5, 0.6) is 0 Å². The van der Waals surface area contributed by atoms with Crippen LogP contribution in [0.4, 0.5) is 0 Å². The van der Waals surface area contributed by atoms with Crippen molar-refractivity contribution in [3.8, 4) is 0 Å². The maximum absolute atomic E-state index is 10.8. The van der Waals surface area contributed by atoms with Gasteiger partial charge in [0.15, 0.2) is 5.79 Å². The zero-order valence-electron chi connectivity index (χ0n) is 10.5. The number of hydrogen-bond donors (Lipinski definition) is 1. The standard InChI is InChI=1S/C12H22O4/c1-6-11(13)15-8-10(4)16-12(5,14)7-9(2)3/h6,9-10,14H,1,7-8H2,2-5H3. The first-order valence-electron chi connectivity index (χ1n) is 5.46. The summed E-state index contributed by atoms with van der Waals surface area (Å²) >= 11 is 0. The minimum Gasteiger partial charge on any atom is -0.460 e. The lowest BCUT2D eigenvalue weighted by Gasteiger charge is -2.28. The Kier molecular flexibility index (Phi) is 6.29. The molecule has 16 heavy (non-hydrogen) atoms. The van der Waals surface area contributed by atoms with Gasteiger partial charge in [0, 0.05) is 12.5 Å². The van der Waals surface area contributed by atoms with Gasteiger partial charge in [0.25, 0.3) is 0 Å². The summed E-state index contributed by atoms with van der Waals surface area (Å²) in [5.41, 5.74) is 0. The summed E-state index contributed by atoms with van der Waals surface area (Å²) in [4.78, 5) is 10.8. The van der Waals surface area contributed by atoms with E-state index in [1.165, 1.54) is 0 Å². The topological polar surface area (TPSA) is 55.8 Å². The van der Waals surface area contributed by atoms with Crippen molar-refractivity contribution in [2.24, 2.45) is 5.92 Å². The molecule has 0 spiro atoms. The van der Waals surface area contributed by atoms with Crippen LogP contribution in [0.15, 0.2) is 12.7 Å². The van der Waals surface area contributed by atoms with Crippen molar-refractivity contribution in [1.29, 1.82) is 0 Å². The van der Waals surface area contributed by atoms with Crippen molar-refractivity contribution in [3.05, 3.63) is 12.7 Å². The Labute approximate surface area is 97.2 Å². The van der Waals surface area contributed by atoms with Gasteiger partial charge in [-0.05, 0) is 19.8 Å². The molecule has 0 fully saturated rings. The predicted molar refractivity (Wildman–Crippen MR) is 61.8 cm³/mol. The van der Waals surface area contributed by atoms with Gasteiger partial charge in [0.1, 0.15) is 6.61 Å². The van der Waals surface area contributed by atoms with Gasteiger partial charge < -0.3 is 14.6 Å². The van der Waals surface area contributed by atoms with Crippen molar-refractivity contribution in [2.75, 3.05) is 6.61 Å². The van der Waals surface area contributed by atoms with Crippen molar-refractivity contribution >= 4 is 5.97 Å². The molecule has 0 amide bonds. The van der Waals surface area contributed by atoms with Gasteiger partial charge in [-0.3, -0.25) is 0 Å². The minimum absolute atomic E-state index is 0.110. The molecule has 0 aliphatic heterocycles. The molecule has 2 atom stereocenters. The molecule has 0 aliphatic rings. The number of rotatable bonds is 7. The molecular formula is C12H22O4. The highest BCUT2D eigenvalue weighted by molar-refractivity contribution is 5.81. The second kappa shape index (κ2) is 6.66. The number of esters is 1. The largest absolute Gasteiger partial charge is 0.460 e. The summed E-state index contributed by atoms with van der Waals surface area (Å²) in [5.74, 6) is -1.34. The summed E-state index contributed by atoms with van der Waals surface area (Å²) in [6, 6.07) is 0. The fourth-order valence-corrected chi connectivity index (χ4v) is 1.53. The van der Waals surface area contributed by atoms with Gasteiger partial charge in [0.2, 0.25) is 0 Å². The SMILES string of the molecule is C=CC(=O)OCC(C)OC(C)(O)CC(C)C. The number of carbonyl (C=O) groups excluding carboxylic acids is 1. The highest BCUT2D eigenvalue weighted by atomic mass is 16.6. The highest BCUT2D eigenvalue weighted by Gasteiger charge is 2.25. The van der Waals surface area contributed by atoms with E-state index >= 15 is 0 Å². The quantitative estimate of drug-likeness (QED) is 0.412. The number of ether oxygens (including phenoxy) is 2. The molecular weight excluding hydrogens is 208 g/mol. The zero-order valence-corrected chi connectivity index (χ0v) is 10.5. The summed E-state index contributed by atoms with van der Waals surface area (Å²) in [6.45, 7) is 10.7. The average molecular weight is 230 g/mol. The Morgan fingerprint density at radius 2 is 2.06 bits per heavy atom. The van der Waals surface area contributed by atoms with Crippen LogP contribution in [0.25, 0.3) is 0 Å². The smallest absolute Gasteiger partial charge is 0.330 e. The first kappa shape index (κ1) is 15.1. The summed E-state index contributed by atoms with van der Waals surface area (Å²) in [6.07, 6.45) is 1.28. The van der Waals surface area contributed by atoms with Crippen LogP contribution in [0.3, 0.4) is 0 Å². The van der Waals surface area contributed by atoms with Gasteiger partial charge in [-0.2, -0.15) is 0 Å². The van der Waals surface area contributed by atoms with Crippen LogP contribution in [-0.2, 0) is 14.3 Å². The second-order valence-corrected chi connectivity index (χ2v) is 4.54. The number of carbonyl (C=O) groups is 1. The first-order valence-corrected chi connectivity index (χ1v) is 5.46. The van der Waals surface area contributed by atoms with E-state index in [1.54, 1.807) is 13.8 Å². The molecule has 94 valence electrons. The van der Waals surface area contributed by atoms with Crippen LogP contribution in [-0.4, -0.2) is 29.6 Å². The second-order valence-electron chi connectivity index (χ2n) is 4.54. The fraction of sp³-hybridized carbons (Fsp3) is 0.750. The molecule has 2 unspecified atom stereocenters. The van der Waals surface area contributed by atoms with Crippen LogP contribution in [0.1, 0.15) is 34.1 Å².